The van der Waals surface area contributed by atoms with E-state index >= 15 is 0 Å². The zero-order valence-electron chi connectivity index (χ0n) is 10.2. The molecule has 1 fully saturated rings. The second kappa shape index (κ2) is 5.46. The van der Waals surface area contributed by atoms with Gasteiger partial charge in [-0.15, -0.1) is 0 Å². The molecule has 0 N–H and O–H groups in total. The van der Waals surface area contributed by atoms with Gasteiger partial charge in [-0.3, -0.25) is 4.79 Å². The average molecular weight is 371 g/mol. The lowest BCUT2D eigenvalue weighted by Gasteiger charge is -2.22. The van der Waals surface area contributed by atoms with E-state index < -0.39 is 9.05 Å². The Hall–Kier alpha value is -0.530. The van der Waals surface area contributed by atoms with Gasteiger partial charge in [0.2, 0.25) is 0 Å². The van der Waals surface area contributed by atoms with E-state index in [1.165, 1.54) is 6.07 Å². The summed E-state index contributed by atoms with van der Waals surface area (Å²) < 4.78 is 27.7. The number of furan rings is 1. The van der Waals surface area contributed by atoms with Crippen LogP contribution in [0.4, 0.5) is 0 Å². The molecule has 106 valence electrons. The molecule has 1 unspecified atom stereocenters. The van der Waals surface area contributed by atoms with Crippen LogP contribution in [-0.2, 0) is 9.05 Å². The molecular weight excluding hydrogens is 358 g/mol. The van der Waals surface area contributed by atoms with Gasteiger partial charge in [-0.25, -0.2) is 8.42 Å². The van der Waals surface area contributed by atoms with Gasteiger partial charge in [-0.2, -0.15) is 0 Å². The molecule has 2 rings (SSSR count). The molecule has 0 saturated carbocycles. The highest BCUT2D eigenvalue weighted by atomic mass is 79.9. The first-order valence-electron chi connectivity index (χ1n) is 5.89. The lowest BCUT2D eigenvalue weighted by Crippen LogP contribution is -2.34. The summed E-state index contributed by atoms with van der Waals surface area (Å²) >= 11 is 2.96. The van der Waals surface area contributed by atoms with Crippen LogP contribution in [0.15, 0.2) is 20.0 Å². The second-order valence-corrected chi connectivity index (χ2v) is 7.64. The van der Waals surface area contributed by atoms with Crippen LogP contribution < -0.4 is 0 Å². The number of amides is 1. The molecule has 0 aromatic carbocycles. The Morgan fingerprint density at radius 2 is 2.32 bits per heavy atom. The predicted octanol–water partition coefficient (Wildman–Crippen LogP) is 2.98. The second-order valence-electron chi connectivity index (χ2n) is 4.39. The zero-order chi connectivity index (χ0) is 14.2. The van der Waals surface area contributed by atoms with Gasteiger partial charge in [-0.1, -0.05) is 6.92 Å². The van der Waals surface area contributed by atoms with Crippen LogP contribution in [-0.4, -0.2) is 31.8 Å². The van der Waals surface area contributed by atoms with Gasteiger partial charge >= 0.3 is 0 Å². The number of hydrogen-bond donors (Lipinski definition) is 0. The molecule has 0 bridgehead atoms. The fraction of sp³-hybridized carbons (Fsp3) is 0.545. The van der Waals surface area contributed by atoms with Gasteiger partial charge in [0.25, 0.3) is 15.0 Å². The van der Waals surface area contributed by atoms with Gasteiger partial charge in [0.1, 0.15) is 4.90 Å². The molecule has 1 aliphatic rings. The molecule has 5 nitrogen and oxygen atoms in total. The third kappa shape index (κ3) is 2.98. The van der Waals surface area contributed by atoms with Gasteiger partial charge in [-0.05, 0) is 35.2 Å². The van der Waals surface area contributed by atoms with E-state index in [9.17, 15) is 13.2 Å². The maximum absolute atomic E-state index is 12.3. The lowest BCUT2D eigenvalue weighted by molar-refractivity contribution is 0.0700. The summed E-state index contributed by atoms with van der Waals surface area (Å²) in [5.74, 6) is -0.303. The average Bonchev–Trinajstić information content (AvgIpc) is 2.92. The molecule has 0 aliphatic carbocycles. The van der Waals surface area contributed by atoms with Crippen molar-refractivity contribution in [3.63, 3.8) is 0 Å². The van der Waals surface area contributed by atoms with Crippen molar-refractivity contribution >= 4 is 41.6 Å². The van der Waals surface area contributed by atoms with Gasteiger partial charge < -0.3 is 9.32 Å². The topological polar surface area (TPSA) is 67.6 Å². The van der Waals surface area contributed by atoms with Crippen molar-refractivity contribution in [2.45, 2.75) is 37.1 Å². The highest BCUT2D eigenvalue weighted by Gasteiger charge is 2.31. The van der Waals surface area contributed by atoms with Gasteiger partial charge in [0.15, 0.2) is 10.4 Å². The smallest absolute Gasteiger partial charge is 0.289 e. The highest BCUT2D eigenvalue weighted by Crippen LogP contribution is 2.31. The molecule has 2 heterocycles. The molecular formula is C11H13BrClNO4S. The monoisotopic (exact) mass is 369 g/mol. The maximum atomic E-state index is 12.3. The first kappa shape index (κ1) is 14.9. The Bertz CT molecular complexity index is 598. The van der Waals surface area contributed by atoms with E-state index in [1.807, 2.05) is 6.92 Å². The quantitative estimate of drug-likeness (QED) is 0.767. The van der Waals surface area contributed by atoms with E-state index in [1.54, 1.807) is 4.90 Å². The SMILES string of the molecule is CCC1CCCN1C(=O)c1cc(S(=O)(=O)Cl)c(Br)o1. The molecule has 1 aromatic heterocycles. The Morgan fingerprint density at radius 1 is 1.63 bits per heavy atom. The van der Waals surface area contributed by atoms with Crippen LogP contribution in [0.3, 0.4) is 0 Å². The van der Waals surface area contributed by atoms with Crippen molar-refractivity contribution in [1.29, 1.82) is 0 Å². The standard InChI is InChI=1S/C11H13BrClNO4S/c1-2-7-4-3-5-14(7)11(15)8-6-9(10(12)18-8)19(13,16)17/h6-7H,2-5H2,1H3. The number of hydrogen-bond acceptors (Lipinski definition) is 4. The van der Waals surface area contributed by atoms with E-state index in [0.717, 1.165) is 19.3 Å². The van der Waals surface area contributed by atoms with E-state index in [2.05, 4.69) is 15.9 Å². The number of halogens is 2. The fourth-order valence-corrected chi connectivity index (χ4v) is 4.33. The van der Waals surface area contributed by atoms with Crippen LogP contribution in [0, 0.1) is 0 Å². The third-order valence-corrected chi connectivity index (χ3v) is 5.42. The van der Waals surface area contributed by atoms with Crippen molar-refractivity contribution in [3.8, 4) is 0 Å². The number of rotatable bonds is 3. The minimum atomic E-state index is -3.93. The summed E-state index contributed by atoms with van der Waals surface area (Å²) in [5, 5.41) is 0. The van der Waals surface area contributed by atoms with Crippen LogP contribution in [0.2, 0.25) is 0 Å². The molecule has 1 saturated heterocycles. The number of carbonyl (C=O) groups excluding carboxylic acids is 1. The van der Waals surface area contributed by atoms with Crippen LogP contribution in [0.5, 0.6) is 0 Å². The molecule has 1 amide bonds. The molecule has 19 heavy (non-hydrogen) atoms. The summed E-state index contributed by atoms with van der Waals surface area (Å²) in [7, 11) is 1.33. The Labute approximate surface area is 124 Å². The minimum absolute atomic E-state index is 0.00792. The van der Waals surface area contributed by atoms with E-state index in [0.29, 0.717) is 6.54 Å². The van der Waals surface area contributed by atoms with Crippen LogP contribution >= 0.6 is 26.6 Å². The summed E-state index contributed by atoms with van der Waals surface area (Å²) in [4.78, 5) is 13.8. The van der Waals surface area contributed by atoms with Crippen molar-refractivity contribution in [1.82, 2.24) is 4.90 Å². The lowest BCUT2D eigenvalue weighted by atomic mass is 10.1. The summed E-state index contributed by atoms with van der Waals surface area (Å²) in [6, 6.07) is 1.35. The number of carbonyl (C=O) groups is 1. The summed E-state index contributed by atoms with van der Waals surface area (Å²) in [6.45, 7) is 2.68. The van der Waals surface area contributed by atoms with Crippen molar-refractivity contribution in [2.75, 3.05) is 6.54 Å². The molecule has 1 atom stereocenters. The highest BCUT2D eigenvalue weighted by molar-refractivity contribution is 9.10. The van der Waals surface area contributed by atoms with Crippen molar-refractivity contribution in [3.05, 3.63) is 16.5 Å². The molecule has 1 aromatic rings. The first-order chi connectivity index (χ1) is 8.84. The third-order valence-electron chi connectivity index (χ3n) is 3.24. The van der Waals surface area contributed by atoms with Crippen LogP contribution in [0.1, 0.15) is 36.7 Å². The van der Waals surface area contributed by atoms with Crippen molar-refractivity contribution < 1.29 is 17.6 Å². The molecule has 0 radical (unpaired) electrons. The normalized spacial score (nSPS) is 19.9. The first-order valence-corrected chi connectivity index (χ1v) is 8.99. The summed E-state index contributed by atoms with van der Waals surface area (Å²) in [5.41, 5.74) is 0. The Balaban J connectivity index is 2.30. The molecule has 1 aliphatic heterocycles. The molecule has 0 spiro atoms. The summed E-state index contributed by atoms with van der Waals surface area (Å²) in [6.07, 6.45) is 2.78. The molecule has 8 heteroatoms. The largest absolute Gasteiger partial charge is 0.443 e. The van der Waals surface area contributed by atoms with E-state index in [-0.39, 0.29) is 27.3 Å². The van der Waals surface area contributed by atoms with E-state index in [4.69, 9.17) is 15.1 Å². The fourth-order valence-electron chi connectivity index (χ4n) is 2.29. The number of likely N-dealkylation sites (tertiary alicyclic amines) is 1. The maximum Gasteiger partial charge on any atom is 0.289 e. The Morgan fingerprint density at radius 3 is 2.84 bits per heavy atom. The predicted molar refractivity (Wildman–Crippen MR) is 73.8 cm³/mol. The van der Waals surface area contributed by atoms with Crippen molar-refractivity contribution in [2.24, 2.45) is 0 Å². The van der Waals surface area contributed by atoms with Gasteiger partial charge in [0, 0.05) is 29.3 Å². The Kier molecular flexibility index (Phi) is 4.27. The minimum Gasteiger partial charge on any atom is -0.443 e. The van der Waals surface area contributed by atoms with Crippen LogP contribution in [0.25, 0.3) is 0 Å². The van der Waals surface area contributed by atoms with Gasteiger partial charge in [0.05, 0.1) is 0 Å². The number of nitrogens with zero attached hydrogens (tertiary/aromatic N) is 1. The zero-order valence-corrected chi connectivity index (χ0v) is 13.4.